The first-order valence-corrected chi connectivity index (χ1v) is 6.77. The Morgan fingerprint density at radius 1 is 1.22 bits per heavy atom. The number of non-ortho nitro benzene ring substituents is 1. The van der Waals surface area contributed by atoms with Crippen molar-refractivity contribution in [2.75, 3.05) is 0 Å². The number of nitro groups is 1. The number of benzene rings is 2. The van der Waals surface area contributed by atoms with Crippen LogP contribution in [0.1, 0.15) is 17.4 Å². The summed E-state index contributed by atoms with van der Waals surface area (Å²) in [4.78, 5) is 14.5. The van der Waals surface area contributed by atoms with Gasteiger partial charge < -0.3 is 10.8 Å². The van der Waals surface area contributed by atoms with Crippen LogP contribution in [0, 0.1) is 10.1 Å². The van der Waals surface area contributed by atoms with Crippen LogP contribution >= 0.6 is 0 Å². The summed E-state index contributed by atoms with van der Waals surface area (Å²) in [6.45, 7) is 0. The van der Waals surface area contributed by atoms with E-state index in [-0.39, 0.29) is 22.8 Å². The fraction of sp³-hybridized carbons (Fsp3) is 0.0667. The Morgan fingerprint density at radius 2 is 1.96 bits per heavy atom. The first-order chi connectivity index (χ1) is 11.1. The van der Waals surface area contributed by atoms with Gasteiger partial charge in [-0.25, -0.2) is 4.98 Å². The highest BCUT2D eigenvalue weighted by molar-refractivity contribution is 5.66. The smallest absolute Gasteiger partial charge is 0.270 e. The summed E-state index contributed by atoms with van der Waals surface area (Å²) in [7, 11) is 0. The van der Waals surface area contributed by atoms with Gasteiger partial charge in [-0.15, -0.1) is 0 Å². The highest BCUT2D eigenvalue weighted by Gasteiger charge is 2.18. The maximum atomic E-state index is 10.8. The summed E-state index contributed by atoms with van der Waals surface area (Å²) in [6.07, 6.45) is 0. The number of aromatic nitrogens is 3. The minimum Gasteiger partial charge on any atom is -0.507 e. The zero-order valence-electron chi connectivity index (χ0n) is 11.9. The van der Waals surface area contributed by atoms with Crippen molar-refractivity contribution in [2.24, 2.45) is 5.73 Å². The molecule has 116 valence electrons. The first-order valence-electron chi connectivity index (χ1n) is 6.77. The molecule has 3 aromatic rings. The number of phenolic OH excluding ortho intramolecular Hbond substituents is 1. The van der Waals surface area contributed by atoms with E-state index in [2.05, 4.69) is 15.2 Å². The van der Waals surface area contributed by atoms with Crippen LogP contribution in [0.2, 0.25) is 0 Å². The lowest BCUT2D eigenvalue weighted by molar-refractivity contribution is -0.384. The lowest BCUT2D eigenvalue weighted by Gasteiger charge is -2.07. The quantitative estimate of drug-likeness (QED) is 0.499. The number of nitrogens with zero attached hydrogens (tertiary/aromatic N) is 3. The molecule has 2 aromatic carbocycles. The van der Waals surface area contributed by atoms with Gasteiger partial charge in [0, 0.05) is 12.1 Å². The summed E-state index contributed by atoms with van der Waals surface area (Å²) in [5.41, 5.74) is 6.98. The minimum absolute atomic E-state index is 0.144. The number of hydrogen-bond acceptors (Lipinski definition) is 6. The number of rotatable bonds is 4. The van der Waals surface area contributed by atoms with Crippen molar-refractivity contribution < 1.29 is 10.0 Å². The molecule has 0 saturated heterocycles. The average Bonchev–Trinajstić information content (AvgIpc) is 3.05. The molecule has 0 aliphatic carbocycles. The van der Waals surface area contributed by atoms with E-state index in [0.717, 1.165) is 5.56 Å². The van der Waals surface area contributed by atoms with E-state index in [1.165, 1.54) is 18.2 Å². The van der Waals surface area contributed by atoms with Gasteiger partial charge in [-0.1, -0.05) is 30.3 Å². The molecule has 4 N–H and O–H groups in total. The number of hydrogen-bond donors (Lipinski definition) is 3. The van der Waals surface area contributed by atoms with Gasteiger partial charge in [-0.2, -0.15) is 5.10 Å². The van der Waals surface area contributed by atoms with Crippen molar-refractivity contribution in [3.63, 3.8) is 0 Å². The number of phenols is 1. The van der Waals surface area contributed by atoms with Crippen LogP contribution in [0.4, 0.5) is 5.69 Å². The van der Waals surface area contributed by atoms with Crippen LogP contribution in [-0.2, 0) is 0 Å². The molecule has 0 aliphatic rings. The van der Waals surface area contributed by atoms with E-state index in [1.54, 1.807) is 0 Å². The van der Waals surface area contributed by atoms with Gasteiger partial charge in [0.05, 0.1) is 16.5 Å². The summed E-state index contributed by atoms with van der Waals surface area (Å²) in [5, 5.41) is 27.4. The lowest BCUT2D eigenvalue weighted by Crippen LogP contribution is -2.13. The monoisotopic (exact) mass is 311 g/mol. The molecule has 0 aliphatic heterocycles. The van der Waals surface area contributed by atoms with Crippen molar-refractivity contribution in [1.29, 1.82) is 0 Å². The molecule has 8 heteroatoms. The molecule has 0 spiro atoms. The molecular weight excluding hydrogens is 298 g/mol. The molecule has 8 nitrogen and oxygen atoms in total. The summed E-state index contributed by atoms with van der Waals surface area (Å²) >= 11 is 0. The molecule has 1 heterocycles. The van der Waals surface area contributed by atoms with Gasteiger partial charge in [-0.05, 0) is 11.6 Å². The summed E-state index contributed by atoms with van der Waals surface area (Å²) in [6, 6.07) is 12.5. The predicted molar refractivity (Wildman–Crippen MR) is 82.6 cm³/mol. The van der Waals surface area contributed by atoms with Gasteiger partial charge in [0.2, 0.25) is 0 Å². The minimum atomic E-state index is -0.549. The zero-order valence-corrected chi connectivity index (χ0v) is 11.9. The van der Waals surface area contributed by atoms with Crippen molar-refractivity contribution in [3.05, 3.63) is 70.0 Å². The molecule has 1 aromatic heterocycles. The second-order valence-corrected chi connectivity index (χ2v) is 4.89. The van der Waals surface area contributed by atoms with E-state index >= 15 is 0 Å². The highest BCUT2D eigenvalue weighted by Crippen LogP contribution is 2.31. The molecular formula is C15H13N5O3. The van der Waals surface area contributed by atoms with Crippen molar-refractivity contribution in [3.8, 4) is 17.1 Å². The van der Waals surface area contributed by atoms with Gasteiger partial charge in [-0.3, -0.25) is 15.2 Å². The van der Waals surface area contributed by atoms with Gasteiger partial charge in [0.1, 0.15) is 11.6 Å². The Bertz CT molecular complexity index is 847. The van der Waals surface area contributed by atoms with Crippen LogP contribution in [-0.4, -0.2) is 25.2 Å². The highest BCUT2D eigenvalue weighted by atomic mass is 16.6. The fourth-order valence-electron chi connectivity index (χ4n) is 2.17. The lowest BCUT2D eigenvalue weighted by atomic mass is 10.1. The fourth-order valence-corrected chi connectivity index (χ4v) is 2.17. The van der Waals surface area contributed by atoms with E-state index in [0.29, 0.717) is 5.82 Å². The van der Waals surface area contributed by atoms with Gasteiger partial charge in [0.25, 0.3) is 5.69 Å². The van der Waals surface area contributed by atoms with E-state index in [1.807, 2.05) is 30.3 Å². The van der Waals surface area contributed by atoms with Crippen LogP contribution in [0.15, 0.2) is 48.5 Å². The Hall–Kier alpha value is -3.26. The number of nitro benzene ring substituents is 1. The molecule has 0 fully saturated rings. The van der Waals surface area contributed by atoms with E-state index < -0.39 is 11.0 Å². The Morgan fingerprint density at radius 3 is 2.65 bits per heavy atom. The zero-order chi connectivity index (χ0) is 16.4. The number of aromatic amines is 1. The van der Waals surface area contributed by atoms with E-state index in [4.69, 9.17) is 5.73 Å². The third-order valence-corrected chi connectivity index (χ3v) is 3.39. The molecule has 0 amide bonds. The van der Waals surface area contributed by atoms with Crippen LogP contribution in [0.25, 0.3) is 11.4 Å². The first kappa shape index (κ1) is 14.7. The standard InChI is InChI=1S/C15H13N5O3/c16-13(9-4-2-1-3-5-9)15-17-14(18-19-15)11-8-10(20(22)23)6-7-12(11)21/h1-8,13,21H,16H2,(H,17,18,19)/t13-/m0/s1. The average molecular weight is 311 g/mol. The molecule has 0 bridgehead atoms. The normalized spacial score (nSPS) is 12.0. The van der Waals surface area contributed by atoms with Crippen LogP contribution < -0.4 is 5.73 Å². The molecule has 0 radical (unpaired) electrons. The van der Waals surface area contributed by atoms with Gasteiger partial charge >= 0.3 is 0 Å². The number of nitrogens with two attached hydrogens (primary N) is 1. The second-order valence-electron chi connectivity index (χ2n) is 4.89. The summed E-state index contributed by atoms with van der Waals surface area (Å²) < 4.78 is 0. The maximum Gasteiger partial charge on any atom is 0.270 e. The maximum absolute atomic E-state index is 10.8. The van der Waals surface area contributed by atoms with Crippen molar-refractivity contribution in [1.82, 2.24) is 15.2 Å². The molecule has 0 unspecified atom stereocenters. The molecule has 3 rings (SSSR count). The Kier molecular flexibility index (Phi) is 3.73. The number of aromatic hydroxyl groups is 1. The SMILES string of the molecule is N[C@@H](c1ccccc1)c1nc(-c2cc([N+](=O)[O-])ccc2O)n[nH]1. The van der Waals surface area contributed by atoms with Crippen LogP contribution in [0.5, 0.6) is 5.75 Å². The number of nitrogens with one attached hydrogen (secondary N) is 1. The second kappa shape index (κ2) is 5.85. The van der Waals surface area contributed by atoms with Crippen molar-refractivity contribution >= 4 is 5.69 Å². The molecule has 1 atom stereocenters. The van der Waals surface area contributed by atoms with Crippen LogP contribution in [0.3, 0.4) is 0 Å². The molecule has 23 heavy (non-hydrogen) atoms. The predicted octanol–water partition coefficient (Wildman–Crippen LogP) is 2.13. The van der Waals surface area contributed by atoms with E-state index in [9.17, 15) is 15.2 Å². The third-order valence-electron chi connectivity index (χ3n) is 3.39. The topological polar surface area (TPSA) is 131 Å². The summed E-state index contributed by atoms with van der Waals surface area (Å²) in [5.74, 6) is 0.402. The number of H-pyrrole nitrogens is 1. The Balaban J connectivity index is 1.96. The Labute approximate surface area is 130 Å². The third kappa shape index (κ3) is 2.87. The molecule has 0 saturated carbocycles. The van der Waals surface area contributed by atoms with Gasteiger partial charge in [0.15, 0.2) is 5.82 Å². The van der Waals surface area contributed by atoms with Crippen molar-refractivity contribution in [2.45, 2.75) is 6.04 Å². The largest absolute Gasteiger partial charge is 0.507 e.